The maximum absolute atomic E-state index is 12.2. The van der Waals surface area contributed by atoms with Gasteiger partial charge >= 0.3 is 6.36 Å². The topological polar surface area (TPSA) is 21.3 Å². The van der Waals surface area contributed by atoms with E-state index >= 15 is 0 Å². The van der Waals surface area contributed by atoms with Crippen molar-refractivity contribution in [3.63, 3.8) is 0 Å². The molecule has 102 valence electrons. The van der Waals surface area contributed by atoms with Gasteiger partial charge in [-0.3, -0.25) is 0 Å². The van der Waals surface area contributed by atoms with Crippen molar-refractivity contribution < 1.29 is 17.9 Å². The molecule has 18 heavy (non-hydrogen) atoms. The maximum Gasteiger partial charge on any atom is 0.573 e. The van der Waals surface area contributed by atoms with Gasteiger partial charge in [0.15, 0.2) is 5.75 Å². The van der Waals surface area contributed by atoms with E-state index in [2.05, 4.69) is 26.0 Å². The molecule has 1 N–H and O–H groups in total. The van der Waals surface area contributed by atoms with Crippen LogP contribution in [-0.2, 0) is 0 Å². The predicted molar refractivity (Wildman–Crippen MR) is 72.3 cm³/mol. The fourth-order valence-corrected chi connectivity index (χ4v) is 2.06. The Morgan fingerprint density at radius 2 is 2.11 bits per heavy atom. The van der Waals surface area contributed by atoms with Crippen LogP contribution < -0.4 is 10.1 Å². The van der Waals surface area contributed by atoms with Crippen molar-refractivity contribution in [3.8, 4) is 5.75 Å². The van der Waals surface area contributed by atoms with Crippen molar-refractivity contribution in [1.82, 2.24) is 0 Å². The molecular weight excluding hydrogens is 331 g/mol. The molecule has 0 radical (unpaired) electrons. The summed E-state index contributed by atoms with van der Waals surface area (Å²) in [4.78, 5) is 0. The van der Waals surface area contributed by atoms with E-state index in [9.17, 15) is 13.2 Å². The largest absolute Gasteiger partial charge is 0.573 e. The van der Waals surface area contributed by atoms with Crippen molar-refractivity contribution in [2.24, 2.45) is 0 Å². The monoisotopic (exact) mass is 343 g/mol. The van der Waals surface area contributed by atoms with Gasteiger partial charge < -0.3 is 10.1 Å². The van der Waals surface area contributed by atoms with E-state index in [1.165, 1.54) is 6.07 Å². The van der Waals surface area contributed by atoms with E-state index in [4.69, 9.17) is 0 Å². The molecule has 1 rings (SSSR count). The summed E-state index contributed by atoms with van der Waals surface area (Å²) in [5, 5.41) is 2.94. The highest BCUT2D eigenvalue weighted by Crippen LogP contribution is 2.32. The van der Waals surface area contributed by atoms with Gasteiger partial charge in [-0.15, -0.1) is 13.2 Å². The summed E-state index contributed by atoms with van der Waals surface area (Å²) in [5.41, 5.74) is 0.344. The van der Waals surface area contributed by atoms with Crippen LogP contribution in [-0.4, -0.2) is 24.9 Å². The fourth-order valence-electron chi connectivity index (χ4n) is 1.29. The molecule has 1 aromatic rings. The second-order valence-corrected chi connectivity index (χ2v) is 5.36. The van der Waals surface area contributed by atoms with Crippen LogP contribution >= 0.6 is 27.7 Å². The number of nitrogens with one attached hydrogen (secondary N) is 1. The molecule has 0 fully saturated rings. The molecule has 0 aliphatic rings. The van der Waals surface area contributed by atoms with Gasteiger partial charge in [-0.25, -0.2) is 0 Å². The average molecular weight is 344 g/mol. The molecule has 0 spiro atoms. The van der Waals surface area contributed by atoms with Gasteiger partial charge in [0.05, 0.1) is 5.69 Å². The zero-order valence-corrected chi connectivity index (χ0v) is 12.1. The van der Waals surface area contributed by atoms with Crippen molar-refractivity contribution in [3.05, 3.63) is 22.7 Å². The molecule has 1 aromatic carbocycles. The molecule has 0 amide bonds. The molecule has 0 saturated carbocycles. The van der Waals surface area contributed by atoms with Crippen molar-refractivity contribution in [2.75, 3.05) is 23.9 Å². The number of benzene rings is 1. The number of halogens is 4. The lowest BCUT2D eigenvalue weighted by Gasteiger charge is -2.14. The second kappa shape index (κ2) is 7.13. The Bertz CT molecular complexity index is 387. The van der Waals surface area contributed by atoms with E-state index in [1.807, 2.05) is 6.26 Å². The molecule has 0 aliphatic heterocycles. The first kappa shape index (κ1) is 15.5. The average Bonchev–Trinajstić information content (AvgIpc) is 2.24. The fraction of sp³-hybridized carbons (Fsp3) is 0.455. The Morgan fingerprint density at radius 3 is 2.72 bits per heavy atom. The van der Waals surface area contributed by atoms with Crippen LogP contribution in [0.15, 0.2) is 22.7 Å². The molecule has 0 unspecified atom stereocenters. The molecule has 0 atom stereocenters. The van der Waals surface area contributed by atoms with Crippen LogP contribution in [0.25, 0.3) is 0 Å². The predicted octanol–water partition coefficient (Wildman–Crippen LogP) is 4.51. The third-order valence-corrected chi connectivity index (χ3v) is 3.20. The normalized spacial score (nSPS) is 11.4. The number of alkyl halides is 3. The van der Waals surface area contributed by atoms with E-state index in [-0.39, 0.29) is 5.75 Å². The summed E-state index contributed by atoms with van der Waals surface area (Å²) in [5.74, 6) is 0.736. The van der Waals surface area contributed by atoms with Crippen LogP contribution in [0.5, 0.6) is 5.75 Å². The first-order valence-corrected chi connectivity index (χ1v) is 7.39. The van der Waals surface area contributed by atoms with Crippen molar-refractivity contribution in [2.45, 2.75) is 12.8 Å². The van der Waals surface area contributed by atoms with Gasteiger partial charge in [0, 0.05) is 11.0 Å². The Labute approximate surface area is 116 Å². The highest BCUT2D eigenvalue weighted by molar-refractivity contribution is 9.10. The molecule has 0 aliphatic carbocycles. The SMILES string of the molecule is CSCCCNc1ccc(Br)cc1OC(F)(F)F. The van der Waals surface area contributed by atoms with Crippen molar-refractivity contribution >= 4 is 33.4 Å². The van der Waals surface area contributed by atoms with E-state index < -0.39 is 6.36 Å². The number of ether oxygens (including phenoxy) is 1. The van der Waals surface area contributed by atoms with Gasteiger partial charge in [0.25, 0.3) is 0 Å². The Morgan fingerprint density at radius 1 is 1.39 bits per heavy atom. The number of anilines is 1. The van der Waals surface area contributed by atoms with Gasteiger partial charge in [-0.05, 0) is 36.6 Å². The number of rotatable bonds is 6. The number of hydrogen-bond acceptors (Lipinski definition) is 3. The van der Waals surface area contributed by atoms with E-state index in [0.717, 1.165) is 12.2 Å². The summed E-state index contributed by atoms with van der Waals surface area (Å²) in [7, 11) is 0. The van der Waals surface area contributed by atoms with Gasteiger partial charge in [0.1, 0.15) is 0 Å². The zero-order valence-electron chi connectivity index (χ0n) is 9.68. The molecule has 7 heteroatoms. The smallest absolute Gasteiger partial charge is 0.404 e. The quantitative estimate of drug-likeness (QED) is 0.767. The minimum atomic E-state index is -4.68. The molecule has 0 bridgehead atoms. The molecule has 2 nitrogen and oxygen atoms in total. The molecule has 0 heterocycles. The lowest BCUT2D eigenvalue weighted by molar-refractivity contribution is -0.274. The minimum absolute atomic E-state index is 0.221. The summed E-state index contributed by atoms with van der Waals surface area (Å²) < 4.78 is 41.2. The molecule has 0 saturated heterocycles. The summed E-state index contributed by atoms with van der Waals surface area (Å²) in [6, 6.07) is 4.52. The van der Waals surface area contributed by atoms with Crippen molar-refractivity contribution in [1.29, 1.82) is 0 Å². The highest BCUT2D eigenvalue weighted by atomic mass is 79.9. The van der Waals surface area contributed by atoms with E-state index in [1.54, 1.807) is 23.9 Å². The van der Waals surface area contributed by atoms with Gasteiger partial charge in [0.2, 0.25) is 0 Å². The van der Waals surface area contributed by atoms with E-state index in [0.29, 0.717) is 16.7 Å². The lowest BCUT2D eigenvalue weighted by Crippen LogP contribution is -2.18. The Kier molecular flexibility index (Phi) is 6.14. The lowest BCUT2D eigenvalue weighted by atomic mass is 10.3. The summed E-state index contributed by atoms with van der Waals surface area (Å²) >= 11 is 4.81. The first-order valence-electron chi connectivity index (χ1n) is 5.20. The van der Waals surface area contributed by atoms with Gasteiger partial charge in [-0.1, -0.05) is 15.9 Å². The number of thioether (sulfide) groups is 1. The maximum atomic E-state index is 12.2. The minimum Gasteiger partial charge on any atom is -0.404 e. The number of hydrogen-bond donors (Lipinski definition) is 1. The Hall–Kier alpha value is -0.560. The third kappa shape index (κ3) is 5.86. The first-order chi connectivity index (χ1) is 8.42. The van der Waals surface area contributed by atoms with Crippen LogP contribution in [0.3, 0.4) is 0 Å². The molecular formula is C11H13BrF3NOS. The highest BCUT2D eigenvalue weighted by Gasteiger charge is 2.32. The second-order valence-electron chi connectivity index (χ2n) is 3.46. The van der Waals surface area contributed by atoms with Gasteiger partial charge in [-0.2, -0.15) is 11.8 Å². The summed E-state index contributed by atoms with van der Waals surface area (Å²) in [6.45, 7) is 0.608. The Balaban J connectivity index is 2.70. The molecule has 0 aromatic heterocycles. The standard InChI is InChI=1S/C11H13BrF3NOS/c1-18-6-2-5-16-9-4-3-8(12)7-10(9)17-11(13,14)15/h3-4,7,16H,2,5-6H2,1H3. The van der Waals surface area contributed by atoms with Crippen LogP contribution in [0.2, 0.25) is 0 Å². The van der Waals surface area contributed by atoms with Crippen LogP contribution in [0.4, 0.5) is 18.9 Å². The van der Waals surface area contributed by atoms with Crippen LogP contribution in [0, 0.1) is 0 Å². The third-order valence-electron chi connectivity index (χ3n) is 2.01. The zero-order chi connectivity index (χ0) is 13.6. The summed E-state index contributed by atoms with van der Waals surface area (Å²) in [6.07, 6.45) is -1.82. The van der Waals surface area contributed by atoms with Crippen LogP contribution in [0.1, 0.15) is 6.42 Å².